The third-order valence-corrected chi connectivity index (χ3v) is 10.9. The highest BCUT2D eigenvalue weighted by Crippen LogP contribution is 2.48. The van der Waals surface area contributed by atoms with E-state index in [4.69, 9.17) is 9.47 Å². The summed E-state index contributed by atoms with van der Waals surface area (Å²) in [6, 6.07) is 36.4. The maximum absolute atomic E-state index is 13.1. The predicted molar refractivity (Wildman–Crippen MR) is 204 cm³/mol. The van der Waals surface area contributed by atoms with Crippen molar-refractivity contribution in [2.75, 3.05) is 52.7 Å². The first-order chi connectivity index (χ1) is 24.1. The lowest BCUT2D eigenvalue weighted by Gasteiger charge is -2.35. The van der Waals surface area contributed by atoms with E-state index in [1.54, 1.807) is 14.2 Å². The lowest BCUT2D eigenvalue weighted by atomic mass is 9.84. The lowest BCUT2D eigenvalue weighted by molar-refractivity contribution is -0.122. The molecule has 260 valence electrons. The number of unbranched alkanes of at least 4 members (excludes halogenated alkanes) is 3. The Morgan fingerprint density at radius 3 is 1.76 bits per heavy atom. The number of hydrogen-bond donors (Lipinski definition) is 1. The number of ether oxygens (including phenoxy) is 2. The molecule has 6 nitrogen and oxygen atoms in total. The lowest BCUT2D eigenvalue weighted by Crippen LogP contribution is -2.39. The molecule has 0 radical (unpaired) electrons. The third kappa shape index (κ3) is 9.68. The van der Waals surface area contributed by atoms with Crippen LogP contribution in [0, 0.1) is 0 Å². The van der Waals surface area contributed by atoms with E-state index < -0.39 is 0 Å². The molecule has 0 saturated heterocycles. The van der Waals surface area contributed by atoms with Crippen molar-refractivity contribution in [2.45, 2.75) is 56.9 Å². The highest BCUT2D eigenvalue weighted by Gasteiger charge is 2.36. The second kappa shape index (κ2) is 18.8. The minimum Gasteiger partial charge on any atom is -0.493 e. The van der Waals surface area contributed by atoms with Crippen molar-refractivity contribution in [1.82, 2.24) is 15.1 Å². The van der Waals surface area contributed by atoms with Crippen LogP contribution in [0.5, 0.6) is 11.5 Å². The molecule has 0 atom stereocenters. The third-order valence-electron chi connectivity index (χ3n) is 9.38. The van der Waals surface area contributed by atoms with Crippen molar-refractivity contribution < 1.29 is 14.3 Å². The summed E-state index contributed by atoms with van der Waals surface area (Å²) in [6.07, 6.45) is 5.73. The van der Waals surface area contributed by atoms with E-state index >= 15 is 0 Å². The van der Waals surface area contributed by atoms with Crippen molar-refractivity contribution in [3.05, 3.63) is 131 Å². The zero-order chi connectivity index (χ0) is 34.3. The number of carbonyl (C=O) groups excluding carboxylic acids is 1. The van der Waals surface area contributed by atoms with Gasteiger partial charge in [-0.3, -0.25) is 14.6 Å². The van der Waals surface area contributed by atoms with Gasteiger partial charge >= 0.3 is 0 Å². The summed E-state index contributed by atoms with van der Waals surface area (Å²) >= 11 is 1.89. The molecular formula is C42H53N3O3S. The molecule has 0 aromatic heterocycles. The molecule has 1 aliphatic heterocycles. The molecule has 1 aliphatic rings. The van der Waals surface area contributed by atoms with E-state index in [0.29, 0.717) is 13.1 Å². The van der Waals surface area contributed by atoms with E-state index in [-0.39, 0.29) is 10.7 Å². The fraction of sp³-hybridized carbons (Fsp3) is 0.405. The smallest absolute Gasteiger partial charge is 0.234 e. The van der Waals surface area contributed by atoms with E-state index in [0.717, 1.165) is 62.8 Å². The number of methoxy groups -OCH3 is 2. The molecule has 0 bridgehead atoms. The van der Waals surface area contributed by atoms with Crippen LogP contribution in [0.1, 0.15) is 66.8 Å². The van der Waals surface area contributed by atoms with Gasteiger partial charge in [0.05, 0.1) is 25.5 Å². The molecule has 4 aromatic rings. The Labute approximate surface area is 298 Å². The van der Waals surface area contributed by atoms with E-state index in [2.05, 4.69) is 125 Å². The van der Waals surface area contributed by atoms with Gasteiger partial charge in [0.1, 0.15) is 0 Å². The van der Waals surface area contributed by atoms with Crippen molar-refractivity contribution in [1.29, 1.82) is 0 Å². The number of rotatable bonds is 20. The molecule has 4 aromatic carbocycles. The van der Waals surface area contributed by atoms with E-state index in [9.17, 15) is 4.79 Å². The van der Waals surface area contributed by atoms with Crippen LogP contribution in [0.2, 0.25) is 0 Å². The summed E-state index contributed by atoms with van der Waals surface area (Å²) in [5.41, 5.74) is 6.40. The summed E-state index contributed by atoms with van der Waals surface area (Å²) in [5.74, 6) is 2.52. The van der Waals surface area contributed by atoms with E-state index in [1.165, 1.54) is 47.1 Å². The molecule has 0 fully saturated rings. The Morgan fingerprint density at radius 1 is 0.755 bits per heavy atom. The van der Waals surface area contributed by atoms with Crippen LogP contribution in [0.25, 0.3) is 0 Å². The second-order valence-corrected chi connectivity index (χ2v) is 14.2. The van der Waals surface area contributed by atoms with Crippen molar-refractivity contribution in [3.8, 4) is 11.5 Å². The quantitative estimate of drug-likeness (QED) is 0.0752. The van der Waals surface area contributed by atoms with Crippen LogP contribution in [0.4, 0.5) is 0 Å². The van der Waals surface area contributed by atoms with E-state index in [1.807, 2.05) is 11.8 Å². The maximum Gasteiger partial charge on any atom is 0.234 e. The molecule has 7 heteroatoms. The van der Waals surface area contributed by atoms with Crippen LogP contribution in [0.3, 0.4) is 0 Å². The summed E-state index contributed by atoms with van der Waals surface area (Å²) < 4.78 is 10.6. The Balaban J connectivity index is 1.06. The van der Waals surface area contributed by atoms with Gasteiger partial charge in [-0.15, -0.1) is 11.8 Å². The first-order valence-electron chi connectivity index (χ1n) is 17.8. The Bertz CT molecular complexity index is 1440. The summed E-state index contributed by atoms with van der Waals surface area (Å²) in [4.78, 5) is 18.0. The number of fused-ring (bicyclic) bond motifs is 1. The average molecular weight is 680 g/mol. The molecule has 0 saturated carbocycles. The number of nitrogens with zero attached hydrogens (tertiary/aromatic N) is 2. The standard InChI is InChI=1S/C42H53N3O3S/c1-4-25-44(26-16-5-6-17-27-45-31-34-29-39(47-2)40(48-3)30-35(34)32-45)33-41(46)43-24-28-49-42(36-18-10-7-11-19-36,37-20-12-8-13-21-37)38-22-14-9-15-23-38/h7-15,18-23,29-30H,4-6,16-17,24-28,31-33H2,1-3H3,(H,43,46). The van der Waals surface area contributed by atoms with Gasteiger partial charge in [-0.2, -0.15) is 0 Å². The van der Waals surface area contributed by atoms with Gasteiger partial charge in [0.2, 0.25) is 5.91 Å². The van der Waals surface area contributed by atoms with Gasteiger partial charge in [-0.1, -0.05) is 111 Å². The Hall–Kier alpha value is -3.78. The molecule has 0 unspecified atom stereocenters. The van der Waals surface area contributed by atoms with Crippen LogP contribution in [-0.4, -0.2) is 68.4 Å². The van der Waals surface area contributed by atoms with Gasteiger partial charge in [0.15, 0.2) is 11.5 Å². The monoisotopic (exact) mass is 679 g/mol. The number of carbonyl (C=O) groups is 1. The fourth-order valence-electron chi connectivity index (χ4n) is 6.99. The molecule has 1 amide bonds. The number of benzene rings is 4. The van der Waals surface area contributed by atoms with Gasteiger partial charge in [-0.25, -0.2) is 0 Å². The fourth-order valence-corrected chi connectivity index (χ4v) is 8.40. The van der Waals surface area contributed by atoms with Crippen LogP contribution < -0.4 is 14.8 Å². The molecule has 0 spiro atoms. The van der Waals surface area contributed by atoms with Crippen LogP contribution in [-0.2, 0) is 22.6 Å². The SMILES string of the molecule is CCCN(CCCCCCN1Cc2cc(OC)c(OC)cc2C1)CC(=O)NCCSC(c1ccccc1)(c1ccccc1)c1ccccc1. The molecule has 5 rings (SSSR count). The topological polar surface area (TPSA) is 54.0 Å². The predicted octanol–water partition coefficient (Wildman–Crippen LogP) is 8.13. The minimum atomic E-state index is -0.372. The van der Waals surface area contributed by atoms with Gasteiger partial charge < -0.3 is 14.8 Å². The van der Waals surface area contributed by atoms with Crippen molar-refractivity contribution >= 4 is 17.7 Å². The summed E-state index contributed by atoms with van der Waals surface area (Å²) in [5, 5.41) is 3.24. The molecule has 0 aliphatic carbocycles. The maximum atomic E-state index is 13.1. The van der Waals surface area contributed by atoms with Crippen molar-refractivity contribution in [3.63, 3.8) is 0 Å². The largest absolute Gasteiger partial charge is 0.493 e. The average Bonchev–Trinajstić information content (AvgIpc) is 3.55. The first kappa shape index (κ1) is 36.5. The normalized spacial score (nSPS) is 13.0. The number of nitrogens with one attached hydrogen (secondary N) is 1. The summed E-state index contributed by atoms with van der Waals surface area (Å²) in [6.45, 7) is 8.22. The van der Waals surface area contributed by atoms with Gasteiger partial charge in [0, 0.05) is 25.4 Å². The molecule has 1 N–H and O–H groups in total. The highest BCUT2D eigenvalue weighted by molar-refractivity contribution is 8.00. The minimum absolute atomic E-state index is 0.112. The molecule has 1 heterocycles. The zero-order valence-electron chi connectivity index (χ0n) is 29.5. The number of amides is 1. The first-order valence-corrected chi connectivity index (χ1v) is 18.8. The Morgan fingerprint density at radius 2 is 1.27 bits per heavy atom. The van der Waals surface area contributed by atoms with Gasteiger partial charge in [0.25, 0.3) is 0 Å². The highest BCUT2D eigenvalue weighted by atomic mass is 32.2. The molecular weight excluding hydrogens is 627 g/mol. The summed E-state index contributed by atoms with van der Waals surface area (Å²) in [7, 11) is 3.39. The van der Waals surface area contributed by atoms with Gasteiger partial charge in [-0.05, 0) is 78.8 Å². The van der Waals surface area contributed by atoms with Crippen LogP contribution in [0.15, 0.2) is 103 Å². The number of thioether (sulfide) groups is 1. The van der Waals surface area contributed by atoms with Crippen molar-refractivity contribution in [2.24, 2.45) is 0 Å². The second-order valence-electron chi connectivity index (χ2n) is 12.9. The van der Waals surface area contributed by atoms with Crippen LogP contribution >= 0.6 is 11.8 Å². The zero-order valence-corrected chi connectivity index (χ0v) is 30.4. The number of hydrogen-bond acceptors (Lipinski definition) is 6. The Kier molecular flexibility index (Phi) is 14.0. The molecule has 49 heavy (non-hydrogen) atoms.